The maximum atomic E-state index is 5.32. The van der Waals surface area contributed by atoms with Crippen LogP contribution in [0.5, 0.6) is 11.5 Å². The van der Waals surface area contributed by atoms with Gasteiger partial charge in [-0.2, -0.15) is 0 Å². The fourth-order valence-electron chi connectivity index (χ4n) is 2.20. The van der Waals surface area contributed by atoms with Gasteiger partial charge < -0.3 is 20.1 Å². The molecule has 2 rings (SSSR count). The lowest BCUT2D eigenvalue weighted by Gasteiger charge is -2.13. The Bertz CT molecular complexity index is 685. The normalized spacial score (nSPS) is 11.2. The van der Waals surface area contributed by atoms with Crippen molar-refractivity contribution in [3.05, 3.63) is 39.8 Å². The van der Waals surface area contributed by atoms with Gasteiger partial charge >= 0.3 is 0 Å². The summed E-state index contributed by atoms with van der Waals surface area (Å²) in [6.07, 6.45) is 2.79. The minimum atomic E-state index is 0.649. The maximum Gasteiger partial charge on any atom is 0.191 e. The summed E-state index contributed by atoms with van der Waals surface area (Å²) in [5.41, 5.74) is 1.09. The third-order valence-corrected chi connectivity index (χ3v) is 4.40. The Kier molecular flexibility index (Phi) is 6.87. The van der Waals surface area contributed by atoms with Gasteiger partial charge in [-0.3, -0.25) is 4.99 Å². The molecule has 0 aliphatic heterocycles. The van der Waals surface area contributed by atoms with Gasteiger partial charge in [0.15, 0.2) is 17.5 Å². The van der Waals surface area contributed by atoms with E-state index in [-0.39, 0.29) is 0 Å². The molecule has 0 saturated heterocycles. The summed E-state index contributed by atoms with van der Waals surface area (Å²) in [7, 11) is 5.03. The van der Waals surface area contributed by atoms with Crippen LogP contribution in [0.15, 0.2) is 29.4 Å². The number of nitrogens with one attached hydrogen (secondary N) is 2. The molecule has 0 atom stereocenters. The highest BCUT2D eigenvalue weighted by molar-refractivity contribution is 7.11. The molecule has 24 heavy (non-hydrogen) atoms. The van der Waals surface area contributed by atoms with E-state index in [1.165, 1.54) is 4.88 Å². The largest absolute Gasteiger partial charge is 0.493 e. The number of hydrogen-bond acceptors (Lipinski definition) is 5. The molecule has 0 unspecified atom stereocenters. The minimum absolute atomic E-state index is 0.649. The lowest BCUT2D eigenvalue weighted by atomic mass is 10.2. The fourth-order valence-corrected chi connectivity index (χ4v) is 2.99. The Morgan fingerprint density at radius 3 is 2.62 bits per heavy atom. The summed E-state index contributed by atoms with van der Waals surface area (Å²) in [6, 6.07) is 5.86. The second kappa shape index (κ2) is 9.12. The number of methoxy groups -OCH3 is 2. The molecule has 0 saturated carbocycles. The molecule has 1 heterocycles. The molecule has 0 aliphatic rings. The van der Waals surface area contributed by atoms with Crippen molar-refractivity contribution in [2.24, 2.45) is 4.99 Å². The number of ether oxygens (including phenoxy) is 2. The van der Waals surface area contributed by atoms with Crippen LogP contribution < -0.4 is 20.1 Å². The van der Waals surface area contributed by atoms with Gasteiger partial charge in [-0.15, -0.1) is 11.3 Å². The van der Waals surface area contributed by atoms with Crippen molar-refractivity contribution in [1.29, 1.82) is 0 Å². The molecule has 7 heteroatoms. The number of nitrogens with zero attached hydrogens (tertiary/aromatic N) is 2. The van der Waals surface area contributed by atoms with Gasteiger partial charge in [-0.05, 0) is 24.6 Å². The van der Waals surface area contributed by atoms with Crippen molar-refractivity contribution in [1.82, 2.24) is 15.6 Å². The van der Waals surface area contributed by atoms with E-state index >= 15 is 0 Å². The van der Waals surface area contributed by atoms with Crippen molar-refractivity contribution in [3.63, 3.8) is 0 Å². The average Bonchev–Trinajstić information content (AvgIpc) is 3.02. The van der Waals surface area contributed by atoms with Crippen LogP contribution in [0, 0.1) is 6.92 Å². The maximum absolute atomic E-state index is 5.32. The van der Waals surface area contributed by atoms with E-state index in [0.29, 0.717) is 6.54 Å². The molecule has 0 fully saturated rings. The molecule has 0 radical (unpaired) electrons. The van der Waals surface area contributed by atoms with E-state index in [0.717, 1.165) is 41.0 Å². The zero-order valence-corrected chi connectivity index (χ0v) is 15.4. The van der Waals surface area contributed by atoms with Crippen LogP contribution in [0.3, 0.4) is 0 Å². The van der Waals surface area contributed by atoms with Gasteiger partial charge in [-0.25, -0.2) is 4.98 Å². The zero-order valence-electron chi connectivity index (χ0n) is 14.5. The summed E-state index contributed by atoms with van der Waals surface area (Å²) in [4.78, 5) is 9.83. The van der Waals surface area contributed by atoms with E-state index < -0.39 is 0 Å². The highest BCUT2D eigenvalue weighted by atomic mass is 32.1. The molecular weight excluding hydrogens is 324 g/mol. The first-order valence-corrected chi connectivity index (χ1v) is 8.54. The number of aliphatic imine (C=N–C) groups is 1. The van der Waals surface area contributed by atoms with Crippen molar-refractivity contribution >= 4 is 17.3 Å². The molecule has 0 amide bonds. The number of hydrogen-bond donors (Lipinski definition) is 2. The van der Waals surface area contributed by atoms with Gasteiger partial charge in [0, 0.05) is 37.6 Å². The lowest BCUT2D eigenvalue weighted by molar-refractivity contribution is 0.354. The predicted molar refractivity (Wildman–Crippen MR) is 98.3 cm³/mol. The summed E-state index contributed by atoms with van der Waals surface area (Å²) in [6.45, 7) is 3.51. The van der Waals surface area contributed by atoms with Crippen LogP contribution in [0.2, 0.25) is 0 Å². The van der Waals surface area contributed by atoms with Gasteiger partial charge in [0.05, 0.1) is 19.2 Å². The van der Waals surface area contributed by atoms with Crippen LogP contribution in [0.25, 0.3) is 0 Å². The molecule has 130 valence electrons. The van der Waals surface area contributed by atoms with E-state index in [1.54, 1.807) is 32.6 Å². The standard InChI is InChI=1S/C17H24N4O2S/c1-12-10-20-16(24-12)7-8-19-17(18-2)21-11-13-5-6-14(22-3)15(9-13)23-4/h5-6,9-10H,7-8,11H2,1-4H3,(H2,18,19,21). The molecule has 2 N–H and O–H groups in total. The van der Waals surface area contributed by atoms with Crippen LogP contribution >= 0.6 is 11.3 Å². The molecule has 0 spiro atoms. The number of guanidine groups is 1. The first-order chi connectivity index (χ1) is 11.7. The number of thiazole rings is 1. The molecular formula is C17H24N4O2S. The Labute approximate surface area is 146 Å². The Balaban J connectivity index is 1.82. The summed E-state index contributed by atoms with van der Waals surface area (Å²) in [5.74, 6) is 2.21. The van der Waals surface area contributed by atoms with Crippen LogP contribution in [0.1, 0.15) is 15.4 Å². The average molecular weight is 348 g/mol. The SMILES string of the molecule is CN=C(NCCc1ncc(C)s1)NCc1ccc(OC)c(OC)c1. The number of benzene rings is 1. The minimum Gasteiger partial charge on any atom is -0.493 e. The van der Waals surface area contributed by atoms with E-state index in [2.05, 4.69) is 27.5 Å². The van der Waals surface area contributed by atoms with Gasteiger partial charge in [0.1, 0.15) is 0 Å². The second-order valence-corrected chi connectivity index (χ2v) is 6.48. The molecule has 6 nitrogen and oxygen atoms in total. The van der Waals surface area contributed by atoms with Crippen LogP contribution in [0.4, 0.5) is 0 Å². The van der Waals surface area contributed by atoms with Crippen molar-refractivity contribution in [2.45, 2.75) is 19.9 Å². The van der Waals surface area contributed by atoms with Crippen molar-refractivity contribution in [3.8, 4) is 11.5 Å². The third kappa shape index (κ3) is 5.13. The summed E-state index contributed by atoms with van der Waals surface area (Å²) in [5, 5.41) is 7.72. The van der Waals surface area contributed by atoms with Gasteiger partial charge in [-0.1, -0.05) is 6.07 Å². The summed E-state index contributed by atoms with van der Waals surface area (Å²) >= 11 is 1.73. The highest BCUT2D eigenvalue weighted by Crippen LogP contribution is 2.27. The predicted octanol–water partition coefficient (Wildman–Crippen LogP) is 2.38. The molecule has 1 aromatic heterocycles. The van der Waals surface area contributed by atoms with Crippen molar-refractivity contribution in [2.75, 3.05) is 27.8 Å². The Hall–Kier alpha value is -2.28. The van der Waals surface area contributed by atoms with Gasteiger partial charge in [0.2, 0.25) is 0 Å². The monoisotopic (exact) mass is 348 g/mol. The van der Waals surface area contributed by atoms with E-state index in [9.17, 15) is 0 Å². The van der Waals surface area contributed by atoms with Crippen LogP contribution in [-0.2, 0) is 13.0 Å². The van der Waals surface area contributed by atoms with Gasteiger partial charge in [0.25, 0.3) is 0 Å². The Morgan fingerprint density at radius 2 is 2.00 bits per heavy atom. The summed E-state index contributed by atoms with van der Waals surface area (Å²) < 4.78 is 10.6. The zero-order chi connectivity index (χ0) is 17.4. The molecule has 2 aromatic rings. The second-order valence-electron chi connectivity index (χ2n) is 5.16. The highest BCUT2D eigenvalue weighted by Gasteiger charge is 2.05. The Morgan fingerprint density at radius 1 is 1.21 bits per heavy atom. The lowest BCUT2D eigenvalue weighted by Crippen LogP contribution is -2.37. The van der Waals surface area contributed by atoms with E-state index in [4.69, 9.17) is 9.47 Å². The first kappa shape index (κ1) is 18.1. The number of aryl methyl sites for hydroxylation is 1. The molecule has 0 aliphatic carbocycles. The molecule has 0 bridgehead atoms. The van der Waals surface area contributed by atoms with Crippen molar-refractivity contribution < 1.29 is 9.47 Å². The smallest absolute Gasteiger partial charge is 0.191 e. The van der Waals surface area contributed by atoms with E-state index in [1.807, 2.05) is 24.4 Å². The number of aromatic nitrogens is 1. The fraction of sp³-hybridized carbons (Fsp3) is 0.412. The van der Waals surface area contributed by atoms with Crippen LogP contribution in [-0.4, -0.2) is 38.8 Å². The topological polar surface area (TPSA) is 67.8 Å². The third-order valence-electron chi connectivity index (χ3n) is 3.43. The molecule has 1 aromatic carbocycles. The first-order valence-electron chi connectivity index (χ1n) is 7.73. The number of rotatable bonds is 7. The quantitative estimate of drug-likeness (QED) is 0.594.